The maximum Gasteiger partial charge on any atom is 0.310 e. The lowest BCUT2D eigenvalue weighted by Crippen LogP contribution is -2.10. The first-order valence-corrected chi connectivity index (χ1v) is 5.05. The number of ether oxygens (including phenoxy) is 1. The fourth-order valence-electron chi connectivity index (χ4n) is 1.49. The highest BCUT2D eigenvalue weighted by Gasteiger charge is 2.17. The van der Waals surface area contributed by atoms with Gasteiger partial charge in [0.2, 0.25) is 0 Å². The average Bonchev–Trinajstić information content (AvgIpc) is 2.20. The third kappa shape index (κ3) is 3.08. The number of esters is 1. The quantitative estimate of drug-likeness (QED) is 0.626. The number of carbonyl (C=O) groups is 2. The molecule has 4 heteroatoms. The molecule has 0 aliphatic carbocycles. The van der Waals surface area contributed by atoms with Crippen molar-refractivity contribution >= 4 is 11.9 Å². The fraction of sp³-hybridized carbons (Fsp3) is 0.333. The minimum atomic E-state index is -0.845. The Kier molecular flexibility index (Phi) is 4.05. The molecule has 4 nitrogen and oxygen atoms in total. The lowest BCUT2D eigenvalue weighted by Gasteiger charge is -2.10. The van der Waals surface area contributed by atoms with E-state index in [-0.39, 0.29) is 0 Å². The highest BCUT2D eigenvalue weighted by atomic mass is 16.5. The number of carboxylic acids is 1. The highest BCUT2D eigenvalue weighted by Crippen LogP contribution is 2.22. The van der Waals surface area contributed by atoms with Crippen molar-refractivity contribution in [2.24, 2.45) is 0 Å². The molecule has 0 fully saturated rings. The molecule has 0 heterocycles. The molecule has 86 valence electrons. The summed E-state index contributed by atoms with van der Waals surface area (Å²) in [5, 5.41) is 8.96. The monoisotopic (exact) mass is 222 g/mol. The zero-order valence-electron chi connectivity index (χ0n) is 9.27. The zero-order chi connectivity index (χ0) is 12.1. The van der Waals surface area contributed by atoms with Crippen molar-refractivity contribution in [3.05, 3.63) is 29.8 Å². The molecule has 0 aromatic heterocycles. The Balaban J connectivity index is 2.85. The van der Waals surface area contributed by atoms with E-state index in [2.05, 4.69) is 0 Å². The molecule has 1 unspecified atom stereocenters. The molecule has 0 radical (unpaired) electrons. The number of carboxylic acid groups (broad SMARTS) is 1. The number of aliphatic carboxylic acids is 1. The van der Waals surface area contributed by atoms with E-state index < -0.39 is 17.9 Å². The Morgan fingerprint density at radius 1 is 1.31 bits per heavy atom. The van der Waals surface area contributed by atoms with Crippen LogP contribution in [0.25, 0.3) is 0 Å². The van der Waals surface area contributed by atoms with Gasteiger partial charge in [-0.2, -0.15) is 0 Å². The average molecular weight is 222 g/mol. The molecule has 1 rings (SSSR count). The van der Waals surface area contributed by atoms with Crippen LogP contribution in [0, 0.1) is 0 Å². The standard InChI is InChI=1S/C12H14O4/c1-3-11(12(14)15)9-4-6-10(7-5-9)16-8(2)13/h4-7,11H,3H2,1-2H3,(H,14,15). The van der Waals surface area contributed by atoms with Gasteiger partial charge in [0.15, 0.2) is 0 Å². The van der Waals surface area contributed by atoms with Crippen molar-refractivity contribution in [1.29, 1.82) is 0 Å². The van der Waals surface area contributed by atoms with Crippen LogP contribution in [-0.4, -0.2) is 17.0 Å². The molecule has 0 aliphatic heterocycles. The highest BCUT2D eigenvalue weighted by molar-refractivity contribution is 5.76. The summed E-state index contributed by atoms with van der Waals surface area (Å²) >= 11 is 0. The van der Waals surface area contributed by atoms with E-state index in [0.29, 0.717) is 17.7 Å². The summed E-state index contributed by atoms with van der Waals surface area (Å²) in [7, 11) is 0. The van der Waals surface area contributed by atoms with Gasteiger partial charge in [-0.1, -0.05) is 19.1 Å². The third-order valence-electron chi connectivity index (χ3n) is 2.25. The predicted octanol–water partition coefficient (Wildman–Crippen LogP) is 2.19. The van der Waals surface area contributed by atoms with Crippen LogP contribution in [-0.2, 0) is 9.59 Å². The van der Waals surface area contributed by atoms with Gasteiger partial charge in [0.25, 0.3) is 0 Å². The Bertz CT molecular complexity index is 381. The topological polar surface area (TPSA) is 63.6 Å². The number of benzene rings is 1. The van der Waals surface area contributed by atoms with E-state index in [4.69, 9.17) is 9.84 Å². The van der Waals surface area contributed by atoms with Crippen LogP contribution in [0.5, 0.6) is 5.75 Å². The van der Waals surface area contributed by atoms with Gasteiger partial charge in [0.05, 0.1) is 5.92 Å². The summed E-state index contributed by atoms with van der Waals surface area (Å²) in [4.78, 5) is 21.6. The van der Waals surface area contributed by atoms with Gasteiger partial charge in [-0.3, -0.25) is 9.59 Å². The van der Waals surface area contributed by atoms with Gasteiger partial charge < -0.3 is 9.84 Å². The zero-order valence-corrected chi connectivity index (χ0v) is 9.27. The Labute approximate surface area is 93.9 Å². The number of hydrogen-bond acceptors (Lipinski definition) is 3. The lowest BCUT2D eigenvalue weighted by molar-refractivity contribution is -0.139. The first-order chi connectivity index (χ1) is 7.54. The van der Waals surface area contributed by atoms with Crippen molar-refractivity contribution in [3.63, 3.8) is 0 Å². The summed E-state index contributed by atoms with van der Waals surface area (Å²) in [6.07, 6.45) is 0.530. The molecule has 0 aliphatic rings. The summed E-state index contributed by atoms with van der Waals surface area (Å²) in [5.74, 6) is -1.32. The predicted molar refractivity (Wildman–Crippen MR) is 58.4 cm³/mol. The Morgan fingerprint density at radius 2 is 1.88 bits per heavy atom. The Hall–Kier alpha value is -1.84. The van der Waals surface area contributed by atoms with Crippen molar-refractivity contribution in [2.75, 3.05) is 0 Å². The minimum Gasteiger partial charge on any atom is -0.481 e. The van der Waals surface area contributed by atoms with Gasteiger partial charge >= 0.3 is 11.9 Å². The van der Waals surface area contributed by atoms with Gasteiger partial charge in [-0.25, -0.2) is 0 Å². The summed E-state index contributed by atoms with van der Waals surface area (Å²) in [6.45, 7) is 3.14. The maximum atomic E-state index is 10.9. The van der Waals surface area contributed by atoms with Crippen LogP contribution >= 0.6 is 0 Å². The summed E-state index contributed by atoms with van der Waals surface area (Å²) in [6, 6.07) is 6.53. The molecule has 1 N–H and O–H groups in total. The number of hydrogen-bond donors (Lipinski definition) is 1. The smallest absolute Gasteiger partial charge is 0.310 e. The van der Waals surface area contributed by atoms with Crippen molar-refractivity contribution in [1.82, 2.24) is 0 Å². The van der Waals surface area contributed by atoms with Crippen molar-refractivity contribution in [3.8, 4) is 5.75 Å². The van der Waals surface area contributed by atoms with E-state index >= 15 is 0 Å². The lowest BCUT2D eigenvalue weighted by atomic mass is 9.97. The van der Waals surface area contributed by atoms with Crippen molar-refractivity contribution < 1.29 is 19.4 Å². The molecular weight excluding hydrogens is 208 g/mol. The van der Waals surface area contributed by atoms with Crippen LogP contribution in [0.2, 0.25) is 0 Å². The van der Waals surface area contributed by atoms with Gasteiger partial charge in [-0.05, 0) is 24.1 Å². The van der Waals surface area contributed by atoms with Crippen LogP contribution in [0.15, 0.2) is 24.3 Å². The van der Waals surface area contributed by atoms with Crippen LogP contribution in [0.1, 0.15) is 31.7 Å². The molecule has 0 saturated carbocycles. The summed E-state index contributed by atoms with van der Waals surface area (Å²) < 4.78 is 4.86. The largest absolute Gasteiger partial charge is 0.481 e. The van der Waals surface area contributed by atoms with Crippen LogP contribution in [0.3, 0.4) is 0 Å². The SMILES string of the molecule is CCC(C(=O)O)c1ccc(OC(C)=O)cc1. The first-order valence-electron chi connectivity index (χ1n) is 5.05. The van der Waals surface area contributed by atoms with E-state index in [9.17, 15) is 9.59 Å². The van der Waals surface area contributed by atoms with E-state index in [1.807, 2.05) is 6.92 Å². The third-order valence-corrected chi connectivity index (χ3v) is 2.25. The fourth-order valence-corrected chi connectivity index (χ4v) is 1.49. The summed E-state index contributed by atoms with van der Waals surface area (Å²) in [5.41, 5.74) is 0.714. The second-order valence-corrected chi connectivity index (χ2v) is 3.46. The minimum absolute atomic E-state index is 0.391. The second-order valence-electron chi connectivity index (χ2n) is 3.46. The normalized spacial score (nSPS) is 11.9. The molecule has 1 atom stereocenters. The molecule has 1 aromatic carbocycles. The van der Waals surface area contributed by atoms with Gasteiger partial charge in [0, 0.05) is 6.92 Å². The van der Waals surface area contributed by atoms with Gasteiger partial charge in [-0.15, -0.1) is 0 Å². The van der Waals surface area contributed by atoms with Crippen molar-refractivity contribution in [2.45, 2.75) is 26.2 Å². The molecule has 1 aromatic rings. The van der Waals surface area contributed by atoms with E-state index in [1.54, 1.807) is 24.3 Å². The molecule has 0 spiro atoms. The number of rotatable bonds is 4. The van der Waals surface area contributed by atoms with Gasteiger partial charge in [0.1, 0.15) is 5.75 Å². The van der Waals surface area contributed by atoms with Crippen LogP contribution < -0.4 is 4.74 Å². The van der Waals surface area contributed by atoms with Crippen LogP contribution in [0.4, 0.5) is 0 Å². The first kappa shape index (κ1) is 12.2. The van der Waals surface area contributed by atoms with E-state index in [0.717, 1.165) is 0 Å². The number of carbonyl (C=O) groups excluding carboxylic acids is 1. The molecule has 0 amide bonds. The van der Waals surface area contributed by atoms with E-state index in [1.165, 1.54) is 6.92 Å². The Morgan fingerprint density at radius 3 is 2.25 bits per heavy atom. The molecule has 0 bridgehead atoms. The molecule has 16 heavy (non-hydrogen) atoms. The maximum absolute atomic E-state index is 10.9. The molecule has 0 saturated heterocycles. The second kappa shape index (κ2) is 5.30. The molecular formula is C12H14O4.